The SMILES string of the molecule is CCCCc1ccc(C(=O)N2CCS[C@@H]2c2cc(OC)ccc2OC)cc1. The number of carbonyl (C=O) groups is 1. The van der Waals surface area contributed by atoms with Crippen molar-refractivity contribution < 1.29 is 14.3 Å². The summed E-state index contributed by atoms with van der Waals surface area (Å²) in [7, 11) is 3.31. The molecule has 4 nitrogen and oxygen atoms in total. The van der Waals surface area contributed by atoms with Crippen molar-refractivity contribution in [2.24, 2.45) is 0 Å². The van der Waals surface area contributed by atoms with Crippen LogP contribution in [-0.4, -0.2) is 37.3 Å². The molecule has 1 aliphatic heterocycles. The Morgan fingerprint density at radius 2 is 1.93 bits per heavy atom. The molecule has 1 fully saturated rings. The third-order valence-corrected chi connectivity index (χ3v) is 6.12. The average Bonchev–Trinajstić information content (AvgIpc) is 3.21. The van der Waals surface area contributed by atoms with Gasteiger partial charge >= 0.3 is 0 Å². The van der Waals surface area contributed by atoms with Crippen LogP contribution >= 0.6 is 11.8 Å². The topological polar surface area (TPSA) is 38.8 Å². The number of aryl methyl sites for hydroxylation is 1. The summed E-state index contributed by atoms with van der Waals surface area (Å²) in [5, 5.41) is -0.0673. The van der Waals surface area contributed by atoms with Crippen LogP contribution < -0.4 is 9.47 Å². The number of amides is 1. The van der Waals surface area contributed by atoms with Crippen molar-refractivity contribution in [3.05, 3.63) is 59.2 Å². The van der Waals surface area contributed by atoms with E-state index in [1.807, 2.05) is 35.2 Å². The van der Waals surface area contributed by atoms with Crippen LogP contribution in [-0.2, 0) is 6.42 Å². The molecule has 1 saturated heterocycles. The molecule has 1 heterocycles. The lowest BCUT2D eigenvalue weighted by Gasteiger charge is -2.26. The van der Waals surface area contributed by atoms with Crippen molar-refractivity contribution >= 4 is 17.7 Å². The zero-order valence-electron chi connectivity index (χ0n) is 16.2. The highest BCUT2D eigenvalue weighted by molar-refractivity contribution is 7.99. The lowest BCUT2D eigenvalue weighted by Crippen LogP contribution is -2.30. The summed E-state index contributed by atoms with van der Waals surface area (Å²) in [6.07, 6.45) is 3.41. The van der Waals surface area contributed by atoms with Gasteiger partial charge in [-0.2, -0.15) is 0 Å². The van der Waals surface area contributed by atoms with E-state index in [2.05, 4.69) is 19.1 Å². The Balaban J connectivity index is 1.83. The van der Waals surface area contributed by atoms with Gasteiger partial charge in [0.2, 0.25) is 0 Å². The Morgan fingerprint density at radius 3 is 2.59 bits per heavy atom. The number of thioether (sulfide) groups is 1. The summed E-state index contributed by atoms with van der Waals surface area (Å²) in [5.41, 5.74) is 3.01. The Labute approximate surface area is 165 Å². The molecule has 144 valence electrons. The highest BCUT2D eigenvalue weighted by atomic mass is 32.2. The first-order valence-corrected chi connectivity index (χ1v) is 10.5. The van der Waals surface area contributed by atoms with Crippen LogP contribution in [0.4, 0.5) is 0 Å². The van der Waals surface area contributed by atoms with E-state index in [-0.39, 0.29) is 11.3 Å². The quantitative estimate of drug-likeness (QED) is 0.677. The molecule has 0 unspecified atom stereocenters. The molecule has 0 aliphatic carbocycles. The molecule has 5 heteroatoms. The van der Waals surface area contributed by atoms with Crippen molar-refractivity contribution in [3.8, 4) is 11.5 Å². The van der Waals surface area contributed by atoms with Gasteiger partial charge in [0.15, 0.2) is 0 Å². The van der Waals surface area contributed by atoms with Gasteiger partial charge in [-0.1, -0.05) is 25.5 Å². The fraction of sp³-hybridized carbons (Fsp3) is 0.409. The second-order valence-corrected chi connectivity index (χ2v) is 7.82. The molecule has 0 spiro atoms. The molecular weight excluding hydrogens is 358 g/mol. The second-order valence-electron chi connectivity index (χ2n) is 6.63. The van der Waals surface area contributed by atoms with Crippen LogP contribution in [0.25, 0.3) is 0 Å². The molecular formula is C22H27NO3S. The van der Waals surface area contributed by atoms with Gasteiger partial charge in [0.1, 0.15) is 16.9 Å². The molecule has 1 aliphatic rings. The van der Waals surface area contributed by atoms with Crippen LogP contribution in [0, 0.1) is 0 Å². The van der Waals surface area contributed by atoms with Crippen molar-refractivity contribution in [2.45, 2.75) is 31.6 Å². The molecule has 0 radical (unpaired) electrons. The number of nitrogens with zero attached hydrogens (tertiary/aromatic N) is 1. The molecule has 1 atom stereocenters. The van der Waals surface area contributed by atoms with Gasteiger partial charge in [0.05, 0.1) is 14.2 Å². The van der Waals surface area contributed by atoms with Gasteiger partial charge in [0, 0.05) is 23.4 Å². The molecule has 0 saturated carbocycles. The summed E-state index contributed by atoms with van der Waals surface area (Å²) in [5.74, 6) is 2.52. The number of benzene rings is 2. The maximum absolute atomic E-state index is 13.2. The molecule has 27 heavy (non-hydrogen) atoms. The molecule has 0 bridgehead atoms. The second kappa shape index (κ2) is 9.18. The minimum absolute atomic E-state index is 0.0666. The minimum atomic E-state index is -0.0673. The molecule has 3 rings (SSSR count). The van der Waals surface area contributed by atoms with Gasteiger partial charge < -0.3 is 14.4 Å². The van der Waals surface area contributed by atoms with E-state index in [9.17, 15) is 4.79 Å². The van der Waals surface area contributed by atoms with Crippen molar-refractivity contribution in [1.29, 1.82) is 0 Å². The summed E-state index contributed by atoms with van der Waals surface area (Å²) >= 11 is 1.76. The van der Waals surface area contributed by atoms with Gasteiger partial charge in [-0.25, -0.2) is 0 Å². The third kappa shape index (κ3) is 4.41. The number of ether oxygens (including phenoxy) is 2. The standard InChI is InChI=1S/C22H27NO3S/c1-4-5-6-16-7-9-17(10-8-16)21(24)23-13-14-27-22(23)19-15-18(25-2)11-12-20(19)26-3/h7-12,15,22H,4-6,13-14H2,1-3H3/t22-/m1/s1. The zero-order valence-corrected chi connectivity index (χ0v) is 17.1. The molecule has 1 amide bonds. The Morgan fingerprint density at radius 1 is 1.15 bits per heavy atom. The monoisotopic (exact) mass is 385 g/mol. The lowest BCUT2D eigenvalue weighted by molar-refractivity contribution is 0.0759. The number of hydrogen-bond acceptors (Lipinski definition) is 4. The molecule has 2 aromatic rings. The number of methoxy groups -OCH3 is 2. The first-order chi connectivity index (χ1) is 13.2. The Bertz CT molecular complexity index is 776. The fourth-order valence-corrected chi connectivity index (χ4v) is 4.60. The summed E-state index contributed by atoms with van der Waals surface area (Å²) < 4.78 is 10.9. The molecule has 0 aromatic heterocycles. The average molecular weight is 386 g/mol. The number of hydrogen-bond donors (Lipinski definition) is 0. The van der Waals surface area contributed by atoms with Crippen LogP contribution in [0.1, 0.15) is 46.6 Å². The van der Waals surface area contributed by atoms with E-state index in [0.29, 0.717) is 0 Å². The van der Waals surface area contributed by atoms with Gasteiger partial charge in [-0.3, -0.25) is 4.79 Å². The maximum Gasteiger partial charge on any atom is 0.255 e. The van der Waals surface area contributed by atoms with E-state index >= 15 is 0 Å². The number of unbranched alkanes of at least 4 members (excludes halogenated alkanes) is 1. The molecule has 0 N–H and O–H groups in total. The zero-order chi connectivity index (χ0) is 19.2. The predicted octanol–water partition coefficient (Wildman–Crippen LogP) is 4.93. The number of rotatable bonds is 7. The van der Waals surface area contributed by atoms with Gasteiger partial charge in [0.25, 0.3) is 5.91 Å². The summed E-state index contributed by atoms with van der Waals surface area (Å²) in [6, 6.07) is 13.8. The Hall–Kier alpha value is -2.14. The van der Waals surface area contributed by atoms with Gasteiger partial charge in [-0.05, 0) is 48.7 Å². The normalized spacial score (nSPS) is 16.4. The van der Waals surface area contributed by atoms with Crippen molar-refractivity contribution in [3.63, 3.8) is 0 Å². The first-order valence-electron chi connectivity index (χ1n) is 9.41. The summed E-state index contributed by atoms with van der Waals surface area (Å²) in [6.45, 7) is 2.92. The Kier molecular flexibility index (Phi) is 6.67. The van der Waals surface area contributed by atoms with Crippen molar-refractivity contribution in [2.75, 3.05) is 26.5 Å². The third-order valence-electron chi connectivity index (χ3n) is 4.87. The van der Waals surface area contributed by atoms with Crippen LogP contribution in [0.5, 0.6) is 11.5 Å². The van der Waals surface area contributed by atoms with E-state index in [1.165, 1.54) is 18.4 Å². The minimum Gasteiger partial charge on any atom is -0.497 e. The van der Waals surface area contributed by atoms with Crippen LogP contribution in [0.15, 0.2) is 42.5 Å². The molecule has 2 aromatic carbocycles. The highest BCUT2D eigenvalue weighted by Crippen LogP contribution is 2.43. The predicted molar refractivity (Wildman–Crippen MR) is 111 cm³/mol. The van der Waals surface area contributed by atoms with E-state index in [1.54, 1.807) is 26.0 Å². The van der Waals surface area contributed by atoms with Crippen molar-refractivity contribution in [1.82, 2.24) is 4.90 Å². The van der Waals surface area contributed by atoms with E-state index < -0.39 is 0 Å². The van der Waals surface area contributed by atoms with Gasteiger partial charge in [-0.15, -0.1) is 11.8 Å². The van der Waals surface area contributed by atoms with Crippen LogP contribution in [0.2, 0.25) is 0 Å². The number of carbonyl (C=O) groups excluding carboxylic acids is 1. The van der Waals surface area contributed by atoms with Crippen LogP contribution in [0.3, 0.4) is 0 Å². The largest absolute Gasteiger partial charge is 0.497 e. The van der Waals surface area contributed by atoms with E-state index in [4.69, 9.17) is 9.47 Å². The lowest BCUT2D eigenvalue weighted by atomic mass is 10.1. The smallest absolute Gasteiger partial charge is 0.255 e. The maximum atomic E-state index is 13.2. The summed E-state index contributed by atoms with van der Waals surface area (Å²) in [4.78, 5) is 15.1. The fourth-order valence-electron chi connectivity index (χ4n) is 3.33. The van der Waals surface area contributed by atoms with E-state index in [0.717, 1.165) is 41.3 Å². The highest BCUT2D eigenvalue weighted by Gasteiger charge is 2.33. The first kappa shape index (κ1) is 19.6.